The molecule has 10 heteroatoms. The summed E-state index contributed by atoms with van der Waals surface area (Å²) in [5, 5.41) is 54.4. The van der Waals surface area contributed by atoms with Crippen molar-refractivity contribution in [3.8, 4) is 0 Å². The minimum Gasteiger partial charge on any atom is -0.393 e. The number of nitrogens with two attached hydrogens (primary N) is 1. The van der Waals surface area contributed by atoms with E-state index in [0.29, 0.717) is 0 Å². The van der Waals surface area contributed by atoms with E-state index >= 15 is 0 Å². The van der Waals surface area contributed by atoms with Gasteiger partial charge in [-0.3, -0.25) is 0 Å². The lowest BCUT2D eigenvalue weighted by molar-refractivity contribution is -0.488. The van der Waals surface area contributed by atoms with E-state index in [0.717, 1.165) is 0 Å². The third kappa shape index (κ3) is 1.91. The first-order valence-corrected chi connectivity index (χ1v) is 7.21. The van der Waals surface area contributed by atoms with E-state index in [2.05, 4.69) is 10.3 Å². The molecule has 0 aromatic carbocycles. The molecule has 3 rings (SSSR count). The van der Waals surface area contributed by atoms with Crippen LogP contribution in [0.2, 0.25) is 0 Å². The number of rotatable bonds is 2. The molecule has 0 amide bonds. The molecular weight excluding hydrogens is 310 g/mol. The van der Waals surface area contributed by atoms with Crippen molar-refractivity contribution in [2.75, 3.05) is 6.61 Å². The number of nitrogens with one attached hydrogen (secondary N) is 1. The second-order valence-corrected chi connectivity index (χ2v) is 6.18. The van der Waals surface area contributed by atoms with Crippen LogP contribution in [0.25, 0.3) is 0 Å². The molecule has 0 aromatic heterocycles. The molecule has 23 heavy (non-hydrogen) atoms. The van der Waals surface area contributed by atoms with Gasteiger partial charge in [0.25, 0.3) is 0 Å². The molecule has 7 atom stereocenters. The van der Waals surface area contributed by atoms with Crippen LogP contribution >= 0.6 is 0 Å². The third-order valence-corrected chi connectivity index (χ3v) is 4.87. The van der Waals surface area contributed by atoms with Crippen LogP contribution in [0.4, 0.5) is 0 Å². The second-order valence-electron chi connectivity index (χ2n) is 6.18. The number of aliphatic hydroxyl groups excluding tert-OH is 3. The van der Waals surface area contributed by atoms with Gasteiger partial charge in [-0.15, -0.1) is 0 Å². The number of fused-ring (bicyclic) bond motifs is 4. The summed E-state index contributed by atoms with van der Waals surface area (Å²) in [6.07, 6.45) is -4.14. The van der Waals surface area contributed by atoms with Gasteiger partial charge in [0.05, 0.1) is 18.8 Å². The van der Waals surface area contributed by atoms with Crippen LogP contribution in [0, 0.1) is 0 Å². The van der Waals surface area contributed by atoms with Crippen LogP contribution < -0.4 is 11.1 Å². The molecule has 10 nitrogen and oxygen atoms in total. The van der Waals surface area contributed by atoms with Crippen molar-refractivity contribution in [2.45, 2.75) is 55.4 Å². The van der Waals surface area contributed by atoms with E-state index in [-0.39, 0.29) is 11.5 Å². The first kappa shape index (κ1) is 16.6. The molecule has 3 heterocycles. The summed E-state index contributed by atoms with van der Waals surface area (Å²) < 4.78 is 10.6. The summed E-state index contributed by atoms with van der Waals surface area (Å²) in [5.41, 5.74) is 2.08. The fraction of sp³-hybridized carbons (Fsp3) is 0.769. The number of guanidine groups is 1. The number of hydrogen-bond acceptors (Lipinski definition) is 10. The zero-order chi connectivity index (χ0) is 17.2. The standard InChI is InChI=1S/C13H21N3O7/c1-5(18)12-7(3-15-10(14)16-12)8-11(20,4-17)6(2)22-13(21,23-8)9(12)19/h3,5-6,8-9,17-21H,4H2,1-2H3,(H3,14,15,16)/t5-,6+,8+,9+,11+,12-,13?/m1/s1. The molecule has 8 N–H and O–H groups in total. The Morgan fingerprint density at radius 2 is 2.09 bits per heavy atom. The third-order valence-electron chi connectivity index (χ3n) is 4.87. The van der Waals surface area contributed by atoms with Crippen LogP contribution in [-0.4, -0.2) is 79.6 Å². The molecule has 0 spiro atoms. The lowest BCUT2D eigenvalue weighted by atomic mass is 9.68. The van der Waals surface area contributed by atoms with Crippen LogP contribution in [0.15, 0.2) is 16.8 Å². The average Bonchev–Trinajstić information content (AvgIpc) is 2.49. The van der Waals surface area contributed by atoms with Gasteiger partial charge in [-0.1, -0.05) is 0 Å². The van der Waals surface area contributed by atoms with E-state index in [1.807, 2.05) is 0 Å². The normalized spacial score (nSPS) is 50.3. The van der Waals surface area contributed by atoms with Crippen LogP contribution in [-0.2, 0) is 9.47 Å². The van der Waals surface area contributed by atoms with Crippen molar-refractivity contribution in [3.63, 3.8) is 0 Å². The molecule has 2 saturated heterocycles. The molecule has 130 valence electrons. The highest BCUT2D eigenvalue weighted by Gasteiger charge is 2.71. The number of hydrogen-bond donors (Lipinski definition) is 7. The fourth-order valence-corrected chi connectivity index (χ4v) is 3.45. The molecule has 0 radical (unpaired) electrons. The summed E-state index contributed by atoms with van der Waals surface area (Å²) in [4.78, 5) is 4.07. The van der Waals surface area contributed by atoms with E-state index in [1.54, 1.807) is 0 Å². The Labute approximate surface area is 131 Å². The van der Waals surface area contributed by atoms with Gasteiger partial charge in [-0.2, -0.15) is 0 Å². The van der Waals surface area contributed by atoms with Gasteiger partial charge in [-0.25, -0.2) is 4.99 Å². The Kier molecular flexibility index (Phi) is 3.51. The number of aliphatic hydroxyl groups is 5. The first-order valence-electron chi connectivity index (χ1n) is 7.21. The molecule has 3 aliphatic heterocycles. The lowest BCUT2D eigenvalue weighted by Gasteiger charge is -2.60. The van der Waals surface area contributed by atoms with Gasteiger partial charge in [0.1, 0.15) is 17.2 Å². The van der Waals surface area contributed by atoms with Crippen LogP contribution in [0.3, 0.4) is 0 Å². The Balaban J connectivity index is 2.22. The maximum absolute atomic E-state index is 10.7. The number of ether oxygens (including phenoxy) is 2. The SMILES string of the molecule is C[C@@H]1OC2(O)O[C@@H](C3=CNC(N)=N[C@@]3([C@@H](C)O)[C@@H]2O)[C@]1(O)CO. The van der Waals surface area contributed by atoms with Gasteiger partial charge < -0.3 is 46.1 Å². The van der Waals surface area contributed by atoms with Crippen molar-refractivity contribution in [1.29, 1.82) is 0 Å². The van der Waals surface area contributed by atoms with Crippen LogP contribution in [0.1, 0.15) is 13.8 Å². The Morgan fingerprint density at radius 1 is 1.43 bits per heavy atom. The minimum absolute atomic E-state index is 0.0992. The lowest BCUT2D eigenvalue weighted by Crippen LogP contribution is -2.79. The predicted molar refractivity (Wildman–Crippen MR) is 75.7 cm³/mol. The van der Waals surface area contributed by atoms with Crippen molar-refractivity contribution < 1.29 is 35.0 Å². The van der Waals surface area contributed by atoms with Crippen molar-refractivity contribution in [2.24, 2.45) is 10.7 Å². The zero-order valence-corrected chi connectivity index (χ0v) is 12.7. The van der Waals surface area contributed by atoms with Crippen molar-refractivity contribution >= 4 is 5.96 Å². The van der Waals surface area contributed by atoms with Crippen molar-refractivity contribution in [3.05, 3.63) is 11.8 Å². The van der Waals surface area contributed by atoms with E-state index in [1.165, 1.54) is 20.0 Å². The van der Waals surface area contributed by atoms with Crippen LogP contribution in [0.5, 0.6) is 0 Å². The summed E-state index contributed by atoms with van der Waals surface area (Å²) in [6, 6.07) is 0. The van der Waals surface area contributed by atoms with E-state index < -0.39 is 48.1 Å². The zero-order valence-electron chi connectivity index (χ0n) is 12.7. The van der Waals surface area contributed by atoms with E-state index in [9.17, 15) is 25.5 Å². The smallest absolute Gasteiger partial charge is 0.312 e. The van der Waals surface area contributed by atoms with Gasteiger partial charge in [0, 0.05) is 11.8 Å². The molecule has 2 bridgehead atoms. The monoisotopic (exact) mass is 331 g/mol. The molecule has 0 aliphatic carbocycles. The average molecular weight is 331 g/mol. The fourth-order valence-electron chi connectivity index (χ4n) is 3.45. The molecular formula is C13H21N3O7. The first-order chi connectivity index (χ1) is 10.6. The number of nitrogens with zero attached hydrogens (tertiary/aromatic N) is 1. The van der Waals surface area contributed by atoms with Crippen molar-refractivity contribution in [1.82, 2.24) is 5.32 Å². The topological polar surface area (TPSA) is 170 Å². The Hall–Kier alpha value is -1.27. The molecule has 0 saturated carbocycles. The Morgan fingerprint density at radius 3 is 2.65 bits per heavy atom. The van der Waals surface area contributed by atoms with Gasteiger partial charge in [-0.05, 0) is 13.8 Å². The summed E-state index contributed by atoms with van der Waals surface area (Å²) in [7, 11) is 0. The minimum atomic E-state index is -2.53. The quantitative estimate of drug-likeness (QED) is 0.271. The van der Waals surface area contributed by atoms with Gasteiger partial charge in [0.2, 0.25) is 0 Å². The highest BCUT2D eigenvalue weighted by atomic mass is 16.9. The molecule has 2 fully saturated rings. The number of aliphatic imine (C=N–C) groups is 1. The summed E-state index contributed by atoms with van der Waals surface area (Å²) in [6.45, 7) is 2.04. The van der Waals surface area contributed by atoms with Gasteiger partial charge in [0.15, 0.2) is 12.1 Å². The molecule has 3 aliphatic rings. The maximum Gasteiger partial charge on any atom is 0.312 e. The largest absolute Gasteiger partial charge is 0.393 e. The highest BCUT2D eigenvalue weighted by Crippen LogP contribution is 2.51. The van der Waals surface area contributed by atoms with Gasteiger partial charge >= 0.3 is 5.97 Å². The summed E-state index contributed by atoms with van der Waals surface area (Å²) in [5.74, 6) is -2.63. The molecule has 1 unspecified atom stereocenters. The Bertz CT molecular complexity index is 582. The highest BCUT2D eigenvalue weighted by molar-refractivity contribution is 5.81. The second kappa shape index (κ2) is 4.86. The predicted octanol–water partition coefficient (Wildman–Crippen LogP) is -3.54. The molecule has 0 aromatic rings. The maximum atomic E-state index is 10.7. The van der Waals surface area contributed by atoms with E-state index in [4.69, 9.17) is 15.2 Å². The summed E-state index contributed by atoms with van der Waals surface area (Å²) >= 11 is 0.